The highest BCUT2D eigenvalue weighted by molar-refractivity contribution is 6.48. The van der Waals surface area contributed by atoms with Gasteiger partial charge in [-0.05, 0) is 12.6 Å². The third-order valence-corrected chi connectivity index (χ3v) is 7.72. The van der Waals surface area contributed by atoms with E-state index >= 15 is 0 Å². The van der Waals surface area contributed by atoms with Crippen molar-refractivity contribution in [2.24, 2.45) is 0 Å². The maximum absolute atomic E-state index is 9.37. The quantitative estimate of drug-likeness (QED) is 0.114. The normalized spacial score (nSPS) is 12.5. The highest BCUT2D eigenvalue weighted by atomic mass is 28.3. The van der Waals surface area contributed by atoms with Crippen LogP contribution in [0, 0.1) is 0 Å². The van der Waals surface area contributed by atoms with E-state index < -0.39 is 9.04 Å². The third kappa shape index (κ3) is 28.2. The van der Waals surface area contributed by atoms with Crippen LogP contribution < -0.4 is 0 Å². The second kappa shape index (κ2) is 26.2. The van der Waals surface area contributed by atoms with Crippen LogP contribution in [0.15, 0.2) is 0 Å². The molecule has 0 aliphatic rings. The molecule has 0 saturated carbocycles. The van der Waals surface area contributed by atoms with Gasteiger partial charge in [0.15, 0.2) is 9.04 Å². The molecule has 0 aromatic rings. The second-order valence-corrected chi connectivity index (χ2v) is 12.0. The Balaban J connectivity index is 2.98. The van der Waals surface area contributed by atoms with Gasteiger partial charge >= 0.3 is 0 Å². The molecule has 0 radical (unpaired) electrons. The van der Waals surface area contributed by atoms with E-state index in [-0.39, 0.29) is 0 Å². The largest absolute Gasteiger partial charge is 0.435 e. The van der Waals surface area contributed by atoms with Crippen molar-refractivity contribution >= 4 is 9.04 Å². The minimum atomic E-state index is -1.27. The lowest BCUT2D eigenvalue weighted by molar-refractivity contribution is 0.517. The third-order valence-electron chi connectivity index (χ3n) is 6.48. The zero-order chi connectivity index (χ0) is 21.3. The van der Waals surface area contributed by atoms with E-state index in [9.17, 15) is 4.80 Å². The highest BCUT2D eigenvalue weighted by Gasteiger charge is 1.98. The fraction of sp³-hybridized carbons (Fsp3) is 1.00. The Labute approximate surface area is 187 Å². The fourth-order valence-corrected chi connectivity index (χ4v) is 5.28. The van der Waals surface area contributed by atoms with Gasteiger partial charge < -0.3 is 4.80 Å². The molecule has 0 heterocycles. The summed E-state index contributed by atoms with van der Waals surface area (Å²) < 4.78 is 0. The van der Waals surface area contributed by atoms with E-state index in [2.05, 4.69) is 6.92 Å². The average molecular weight is 427 g/mol. The molecular formula is C27H58OSi. The monoisotopic (exact) mass is 426 g/mol. The van der Waals surface area contributed by atoms with Crippen molar-refractivity contribution in [3.05, 3.63) is 0 Å². The van der Waals surface area contributed by atoms with Crippen molar-refractivity contribution in [3.8, 4) is 0 Å². The second-order valence-electron chi connectivity index (χ2n) is 9.77. The van der Waals surface area contributed by atoms with Gasteiger partial charge in [0, 0.05) is 0 Å². The maximum atomic E-state index is 9.37. The van der Waals surface area contributed by atoms with Crippen LogP contribution in [0.5, 0.6) is 0 Å². The molecule has 0 amide bonds. The topological polar surface area (TPSA) is 20.2 Å². The molecule has 0 fully saturated rings. The molecular weight excluding hydrogens is 368 g/mol. The van der Waals surface area contributed by atoms with Crippen LogP contribution in [-0.2, 0) is 0 Å². The van der Waals surface area contributed by atoms with Gasteiger partial charge in [0.05, 0.1) is 0 Å². The van der Waals surface area contributed by atoms with E-state index in [0.717, 1.165) is 6.04 Å². The van der Waals surface area contributed by atoms with Gasteiger partial charge in [-0.25, -0.2) is 0 Å². The molecule has 1 atom stereocenters. The lowest BCUT2D eigenvalue weighted by Crippen LogP contribution is -2.03. The Morgan fingerprint density at radius 2 is 0.586 bits per heavy atom. The zero-order valence-electron chi connectivity index (χ0n) is 20.7. The van der Waals surface area contributed by atoms with Crippen molar-refractivity contribution in [2.45, 2.75) is 174 Å². The minimum Gasteiger partial charge on any atom is -0.435 e. The summed E-state index contributed by atoms with van der Waals surface area (Å²) in [6, 6.07) is 1.12. The molecule has 29 heavy (non-hydrogen) atoms. The molecule has 0 aliphatic carbocycles. The van der Waals surface area contributed by atoms with Gasteiger partial charge in [-0.2, -0.15) is 0 Å². The average Bonchev–Trinajstić information content (AvgIpc) is 2.71. The molecule has 0 aromatic carbocycles. The summed E-state index contributed by atoms with van der Waals surface area (Å²) in [5.74, 6) is 0. The van der Waals surface area contributed by atoms with Gasteiger partial charge in [0.2, 0.25) is 0 Å². The van der Waals surface area contributed by atoms with Crippen LogP contribution in [0.3, 0.4) is 0 Å². The molecule has 0 rings (SSSR count). The molecule has 1 nitrogen and oxygen atoms in total. The van der Waals surface area contributed by atoms with E-state index in [4.69, 9.17) is 0 Å². The van der Waals surface area contributed by atoms with E-state index in [0.29, 0.717) is 0 Å². The highest BCUT2D eigenvalue weighted by Crippen LogP contribution is 2.15. The molecule has 0 aliphatic heterocycles. The maximum Gasteiger partial charge on any atom is 0.169 e. The first-order valence-corrected chi connectivity index (χ1v) is 16.4. The van der Waals surface area contributed by atoms with Gasteiger partial charge in [-0.15, -0.1) is 0 Å². The molecule has 1 unspecified atom stereocenters. The molecule has 0 aromatic heterocycles. The molecule has 0 spiro atoms. The predicted octanol–water partition coefficient (Wildman–Crippen LogP) is 9.71. The number of hydrogen-bond acceptors (Lipinski definition) is 1. The molecule has 2 heteroatoms. The van der Waals surface area contributed by atoms with Gasteiger partial charge in [-0.3, -0.25) is 0 Å². The molecule has 176 valence electrons. The van der Waals surface area contributed by atoms with Gasteiger partial charge in [0.1, 0.15) is 0 Å². The summed E-state index contributed by atoms with van der Waals surface area (Å²) in [4.78, 5) is 9.37. The number of hydrogen-bond donors (Lipinski definition) is 1. The lowest BCUT2D eigenvalue weighted by Gasteiger charge is -2.04. The van der Waals surface area contributed by atoms with Crippen molar-refractivity contribution in [3.63, 3.8) is 0 Å². The SMILES string of the molecule is CCCCCCCCCCCCCCCCCCCCCCCCCC[SiH](C)O. The Kier molecular flexibility index (Phi) is 26.4. The summed E-state index contributed by atoms with van der Waals surface area (Å²) in [7, 11) is -1.27. The van der Waals surface area contributed by atoms with Crippen LogP contribution in [0.2, 0.25) is 12.6 Å². The number of unbranched alkanes of at least 4 members (excludes halogenated alkanes) is 23. The summed E-state index contributed by atoms with van der Waals surface area (Å²) >= 11 is 0. The van der Waals surface area contributed by atoms with Crippen LogP contribution >= 0.6 is 0 Å². The van der Waals surface area contributed by atoms with Crippen LogP contribution in [-0.4, -0.2) is 13.8 Å². The summed E-state index contributed by atoms with van der Waals surface area (Å²) in [5, 5.41) is 0. The van der Waals surface area contributed by atoms with Gasteiger partial charge in [0.25, 0.3) is 0 Å². The summed E-state index contributed by atoms with van der Waals surface area (Å²) in [5.41, 5.74) is 0. The van der Waals surface area contributed by atoms with Gasteiger partial charge in [-0.1, -0.05) is 161 Å². The first-order valence-electron chi connectivity index (χ1n) is 14.0. The van der Waals surface area contributed by atoms with Crippen molar-refractivity contribution in [1.82, 2.24) is 0 Å². The summed E-state index contributed by atoms with van der Waals surface area (Å²) in [6.07, 6.45) is 34.7. The minimum absolute atomic E-state index is 1.12. The van der Waals surface area contributed by atoms with E-state index in [1.54, 1.807) is 0 Å². The van der Waals surface area contributed by atoms with Crippen molar-refractivity contribution in [2.75, 3.05) is 0 Å². The van der Waals surface area contributed by atoms with E-state index in [1.807, 2.05) is 6.55 Å². The Bertz CT molecular complexity index is 280. The van der Waals surface area contributed by atoms with Crippen molar-refractivity contribution < 1.29 is 4.80 Å². The van der Waals surface area contributed by atoms with Crippen LogP contribution in [0.4, 0.5) is 0 Å². The fourth-order valence-electron chi connectivity index (χ4n) is 4.40. The van der Waals surface area contributed by atoms with Crippen LogP contribution in [0.1, 0.15) is 161 Å². The number of rotatable bonds is 25. The molecule has 0 bridgehead atoms. The Hall–Kier alpha value is 0.177. The zero-order valence-corrected chi connectivity index (χ0v) is 21.9. The van der Waals surface area contributed by atoms with Crippen LogP contribution in [0.25, 0.3) is 0 Å². The standard InChI is InChI=1S/C27H58OSi/c1-3-4-5-6-7-8-9-10-11-12-13-14-15-16-17-18-19-20-21-22-23-24-25-26-27-29(2)28/h28-29H,3-27H2,1-2H3. The smallest absolute Gasteiger partial charge is 0.169 e. The molecule has 1 N–H and O–H groups in total. The first kappa shape index (κ1) is 29.2. The predicted molar refractivity (Wildman–Crippen MR) is 137 cm³/mol. The molecule has 0 saturated heterocycles. The Morgan fingerprint density at radius 1 is 0.379 bits per heavy atom. The van der Waals surface area contributed by atoms with E-state index in [1.165, 1.54) is 154 Å². The Morgan fingerprint density at radius 3 is 0.793 bits per heavy atom. The van der Waals surface area contributed by atoms with Crippen molar-refractivity contribution in [1.29, 1.82) is 0 Å². The lowest BCUT2D eigenvalue weighted by atomic mass is 10.0. The summed E-state index contributed by atoms with van der Waals surface area (Å²) in [6.45, 7) is 4.34. The first-order chi connectivity index (χ1) is 14.3.